The number of carboxylic acid groups (broad SMARTS) is 1. The van der Waals surface area contributed by atoms with Gasteiger partial charge in [-0.15, -0.1) is 0 Å². The molecule has 0 spiro atoms. The van der Waals surface area contributed by atoms with Crippen molar-refractivity contribution in [2.75, 3.05) is 30.9 Å². The largest absolute Gasteiger partial charge is 0.478 e. The molecule has 0 amide bonds. The minimum atomic E-state index is -3.12. The monoisotopic (exact) mass is 293 g/mol. The van der Waals surface area contributed by atoms with Crippen molar-refractivity contribution < 1.29 is 18.3 Å². The van der Waals surface area contributed by atoms with E-state index in [4.69, 9.17) is 5.11 Å². The number of nitrogens with zero attached hydrogens (tertiary/aromatic N) is 1. The highest BCUT2D eigenvalue weighted by atomic mass is 32.2. The van der Waals surface area contributed by atoms with Gasteiger partial charge in [-0.05, 0) is 6.42 Å². The van der Waals surface area contributed by atoms with Crippen LogP contribution in [0.25, 0.3) is 0 Å². The number of carboxylic acids is 1. The lowest BCUT2D eigenvalue weighted by Gasteiger charge is -2.33. The number of hydrogen-bond acceptors (Lipinski definition) is 5. The Bertz CT molecular complexity index is 430. The maximum atomic E-state index is 11.7. The van der Waals surface area contributed by atoms with Gasteiger partial charge in [0.1, 0.15) is 5.37 Å². The normalized spacial score (nSPS) is 23.0. The molecule has 0 aromatic rings. The third-order valence-electron chi connectivity index (χ3n) is 2.91. The summed E-state index contributed by atoms with van der Waals surface area (Å²) < 4.78 is 23.3. The van der Waals surface area contributed by atoms with Gasteiger partial charge >= 0.3 is 5.97 Å². The number of aliphatic carboxylic acids is 1. The first kappa shape index (κ1) is 15.5. The molecule has 0 radical (unpaired) electrons. The quantitative estimate of drug-likeness (QED) is 0.757. The second-order valence-electron chi connectivity index (χ2n) is 4.24. The fourth-order valence-corrected chi connectivity index (χ4v) is 4.78. The standard InChI is InChI=1S/C11H19NO4S2/c1-3-9(11(13)14)4-5-12-6-7-17-8-10(12)18(2,15)16/h4,10H,3,5-8H2,1-2H3,(H,13,14). The average Bonchev–Trinajstić information content (AvgIpc) is 2.28. The summed E-state index contributed by atoms with van der Waals surface area (Å²) >= 11 is 1.62. The van der Waals surface area contributed by atoms with Gasteiger partial charge in [-0.2, -0.15) is 11.8 Å². The Kier molecular flexibility index (Phi) is 5.68. The van der Waals surface area contributed by atoms with Gasteiger partial charge in [-0.3, -0.25) is 4.90 Å². The van der Waals surface area contributed by atoms with E-state index in [9.17, 15) is 13.2 Å². The Morgan fingerprint density at radius 2 is 2.22 bits per heavy atom. The molecule has 1 fully saturated rings. The van der Waals surface area contributed by atoms with Gasteiger partial charge in [0.15, 0.2) is 9.84 Å². The van der Waals surface area contributed by atoms with E-state index in [1.54, 1.807) is 24.8 Å². The van der Waals surface area contributed by atoms with Crippen molar-refractivity contribution in [3.05, 3.63) is 11.6 Å². The molecule has 0 bridgehead atoms. The van der Waals surface area contributed by atoms with Crippen LogP contribution in [0.2, 0.25) is 0 Å². The molecule has 5 nitrogen and oxygen atoms in total. The van der Waals surface area contributed by atoms with Crippen molar-refractivity contribution in [3.63, 3.8) is 0 Å². The molecule has 1 unspecified atom stereocenters. The maximum Gasteiger partial charge on any atom is 0.331 e. The zero-order chi connectivity index (χ0) is 13.8. The molecule has 18 heavy (non-hydrogen) atoms. The van der Waals surface area contributed by atoms with Gasteiger partial charge in [0.25, 0.3) is 0 Å². The molecular weight excluding hydrogens is 274 g/mol. The van der Waals surface area contributed by atoms with Gasteiger partial charge in [0.05, 0.1) is 0 Å². The molecule has 1 rings (SSSR count). The van der Waals surface area contributed by atoms with Crippen molar-refractivity contribution in [2.45, 2.75) is 18.7 Å². The van der Waals surface area contributed by atoms with Gasteiger partial charge in [-0.25, -0.2) is 13.2 Å². The molecule has 0 aromatic heterocycles. The van der Waals surface area contributed by atoms with Crippen LogP contribution in [-0.2, 0) is 14.6 Å². The number of hydrogen-bond donors (Lipinski definition) is 1. The van der Waals surface area contributed by atoms with Gasteiger partial charge in [0.2, 0.25) is 0 Å². The SMILES string of the molecule is CCC(=CCN1CCSCC1S(C)(=O)=O)C(=O)O. The molecular formula is C11H19NO4S2. The Morgan fingerprint density at radius 3 is 2.72 bits per heavy atom. The number of sulfone groups is 1. The van der Waals surface area contributed by atoms with Crippen LogP contribution in [0.5, 0.6) is 0 Å². The van der Waals surface area contributed by atoms with Crippen LogP contribution in [0.1, 0.15) is 13.3 Å². The van der Waals surface area contributed by atoms with Crippen molar-refractivity contribution in [3.8, 4) is 0 Å². The highest BCUT2D eigenvalue weighted by molar-refractivity contribution is 8.00. The van der Waals surface area contributed by atoms with Crippen molar-refractivity contribution >= 4 is 27.6 Å². The van der Waals surface area contributed by atoms with Crippen molar-refractivity contribution in [2.24, 2.45) is 0 Å². The summed E-state index contributed by atoms with van der Waals surface area (Å²) in [5.74, 6) is 0.509. The first-order valence-corrected chi connectivity index (χ1v) is 8.90. The molecule has 1 aliphatic rings. The van der Waals surface area contributed by atoms with Crippen LogP contribution in [0.4, 0.5) is 0 Å². The fourth-order valence-electron chi connectivity index (χ4n) is 1.83. The fraction of sp³-hybridized carbons (Fsp3) is 0.727. The van der Waals surface area contributed by atoms with E-state index in [1.807, 2.05) is 4.90 Å². The first-order chi connectivity index (χ1) is 8.36. The molecule has 1 N–H and O–H groups in total. The van der Waals surface area contributed by atoms with Crippen LogP contribution in [0.3, 0.4) is 0 Å². The minimum Gasteiger partial charge on any atom is -0.478 e. The van der Waals surface area contributed by atoms with Crippen molar-refractivity contribution in [1.29, 1.82) is 0 Å². The average molecular weight is 293 g/mol. The number of thioether (sulfide) groups is 1. The lowest BCUT2D eigenvalue weighted by molar-refractivity contribution is -0.132. The predicted octanol–water partition coefficient (Wildman–Crippen LogP) is 0.827. The van der Waals surface area contributed by atoms with E-state index in [0.717, 1.165) is 5.75 Å². The molecule has 0 aliphatic carbocycles. The summed E-state index contributed by atoms with van der Waals surface area (Å²) in [7, 11) is -3.12. The summed E-state index contributed by atoms with van der Waals surface area (Å²) in [6.45, 7) is 2.84. The molecule has 1 saturated heterocycles. The highest BCUT2D eigenvalue weighted by Crippen LogP contribution is 2.20. The lowest BCUT2D eigenvalue weighted by atomic mass is 10.2. The summed E-state index contributed by atoms with van der Waals surface area (Å²) in [6.07, 6.45) is 3.30. The molecule has 104 valence electrons. The second-order valence-corrected chi connectivity index (χ2v) is 7.60. The first-order valence-electron chi connectivity index (χ1n) is 5.79. The third kappa shape index (κ3) is 4.29. The zero-order valence-electron chi connectivity index (χ0n) is 10.6. The predicted molar refractivity (Wildman–Crippen MR) is 73.5 cm³/mol. The molecule has 0 saturated carbocycles. The van der Waals surface area contributed by atoms with Crippen LogP contribution in [-0.4, -0.2) is 60.6 Å². The van der Waals surface area contributed by atoms with Gasteiger partial charge in [-0.1, -0.05) is 13.0 Å². The lowest BCUT2D eigenvalue weighted by Crippen LogP contribution is -2.46. The maximum absolute atomic E-state index is 11.7. The third-order valence-corrected chi connectivity index (χ3v) is 5.60. The van der Waals surface area contributed by atoms with E-state index in [-0.39, 0.29) is 0 Å². The highest BCUT2D eigenvalue weighted by Gasteiger charge is 2.30. The minimum absolute atomic E-state index is 0.334. The number of rotatable bonds is 5. The van der Waals surface area contributed by atoms with Gasteiger partial charge < -0.3 is 5.11 Å². The van der Waals surface area contributed by atoms with E-state index < -0.39 is 21.2 Å². The van der Waals surface area contributed by atoms with Crippen LogP contribution >= 0.6 is 11.8 Å². The molecule has 1 aliphatic heterocycles. The van der Waals surface area contributed by atoms with Crippen LogP contribution in [0.15, 0.2) is 11.6 Å². The Hall–Kier alpha value is -0.530. The van der Waals surface area contributed by atoms with E-state index >= 15 is 0 Å². The second kappa shape index (κ2) is 6.58. The topological polar surface area (TPSA) is 74.7 Å². The molecule has 1 heterocycles. The smallest absolute Gasteiger partial charge is 0.331 e. The molecule has 1 atom stereocenters. The van der Waals surface area contributed by atoms with Crippen LogP contribution in [0, 0.1) is 0 Å². The van der Waals surface area contributed by atoms with Crippen LogP contribution < -0.4 is 0 Å². The molecule has 7 heteroatoms. The summed E-state index contributed by atoms with van der Waals surface area (Å²) in [6, 6.07) is 0. The Labute approximate surface area is 112 Å². The molecule has 0 aromatic carbocycles. The Balaban J connectivity index is 2.77. The van der Waals surface area contributed by atoms with E-state index in [1.165, 1.54) is 6.26 Å². The van der Waals surface area contributed by atoms with E-state index in [0.29, 0.717) is 30.8 Å². The summed E-state index contributed by atoms with van der Waals surface area (Å²) in [5.41, 5.74) is 0.334. The number of carbonyl (C=O) groups is 1. The van der Waals surface area contributed by atoms with Gasteiger partial charge in [0, 0.05) is 36.4 Å². The summed E-state index contributed by atoms with van der Waals surface area (Å²) in [5, 5.41) is 8.42. The Morgan fingerprint density at radius 1 is 1.56 bits per heavy atom. The van der Waals surface area contributed by atoms with E-state index in [2.05, 4.69) is 0 Å². The summed E-state index contributed by atoms with van der Waals surface area (Å²) in [4.78, 5) is 12.7. The zero-order valence-corrected chi connectivity index (χ0v) is 12.3. The van der Waals surface area contributed by atoms with Crippen molar-refractivity contribution in [1.82, 2.24) is 4.90 Å².